The van der Waals surface area contributed by atoms with E-state index in [2.05, 4.69) is 20.9 Å². The van der Waals surface area contributed by atoms with E-state index in [1.165, 1.54) is 0 Å². The van der Waals surface area contributed by atoms with Gasteiger partial charge in [0.15, 0.2) is 0 Å². The number of unbranched alkanes of at least 4 members (excludes halogenated alkanes) is 1. The first-order valence-corrected chi connectivity index (χ1v) is 14.8. The van der Waals surface area contributed by atoms with Gasteiger partial charge >= 0.3 is 5.97 Å². The highest BCUT2D eigenvalue weighted by molar-refractivity contribution is 5.94. The topological polar surface area (TPSA) is 192 Å². The Kier molecular flexibility index (Phi) is 12.7. The zero-order chi connectivity index (χ0) is 31.4. The zero-order valence-electron chi connectivity index (χ0n) is 24.8. The normalized spacial score (nSPS) is 14.1. The molecular formula is C32H44N6O5. The lowest BCUT2D eigenvalue weighted by Crippen LogP contribution is -2.58. The quantitative estimate of drug-likeness (QED) is 0.117. The Balaban J connectivity index is 1.76. The molecule has 0 radical (unpaired) electrons. The molecule has 2 aromatic carbocycles. The number of amides is 3. The van der Waals surface area contributed by atoms with Crippen molar-refractivity contribution in [2.24, 2.45) is 17.4 Å². The second-order valence-electron chi connectivity index (χ2n) is 11.3. The van der Waals surface area contributed by atoms with Gasteiger partial charge in [-0.25, -0.2) is 4.79 Å². The fourth-order valence-corrected chi connectivity index (χ4v) is 4.95. The Hall–Kier alpha value is -4.22. The minimum atomic E-state index is -1.22. The lowest BCUT2D eigenvalue weighted by molar-refractivity contribution is -0.142. The molecule has 1 heterocycles. The first-order chi connectivity index (χ1) is 20.6. The van der Waals surface area contributed by atoms with Gasteiger partial charge in [-0.15, -0.1) is 0 Å². The van der Waals surface area contributed by atoms with E-state index in [0.717, 1.165) is 28.5 Å². The summed E-state index contributed by atoms with van der Waals surface area (Å²) in [4.78, 5) is 55.3. The number of benzene rings is 2. The summed E-state index contributed by atoms with van der Waals surface area (Å²) in [6, 6.07) is 12.7. The Morgan fingerprint density at radius 3 is 2.12 bits per heavy atom. The van der Waals surface area contributed by atoms with Crippen LogP contribution in [-0.2, 0) is 32.0 Å². The molecule has 0 saturated carbocycles. The number of aromatic amines is 1. The minimum absolute atomic E-state index is 0.00563. The van der Waals surface area contributed by atoms with E-state index in [1.807, 2.05) is 68.4 Å². The molecule has 3 aromatic rings. The van der Waals surface area contributed by atoms with E-state index in [4.69, 9.17) is 11.5 Å². The number of carbonyl (C=O) groups excluding carboxylic acids is 3. The average Bonchev–Trinajstić information content (AvgIpc) is 3.39. The number of hydrogen-bond donors (Lipinski definition) is 7. The van der Waals surface area contributed by atoms with E-state index in [1.54, 1.807) is 6.20 Å². The summed E-state index contributed by atoms with van der Waals surface area (Å²) < 4.78 is 0. The van der Waals surface area contributed by atoms with Crippen molar-refractivity contribution in [2.75, 3.05) is 6.54 Å². The maximum absolute atomic E-state index is 13.6. The number of nitrogens with one attached hydrogen (secondary N) is 4. The Morgan fingerprint density at radius 2 is 1.44 bits per heavy atom. The molecule has 11 nitrogen and oxygen atoms in total. The van der Waals surface area contributed by atoms with Crippen LogP contribution >= 0.6 is 0 Å². The van der Waals surface area contributed by atoms with Gasteiger partial charge in [0.2, 0.25) is 17.7 Å². The van der Waals surface area contributed by atoms with E-state index in [-0.39, 0.29) is 25.2 Å². The molecule has 0 bridgehead atoms. The van der Waals surface area contributed by atoms with Gasteiger partial charge in [0.25, 0.3) is 0 Å². The molecule has 43 heavy (non-hydrogen) atoms. The predicted molar refractivity (Wildman–Crippen MR) is 166 cm³/mol. The smallest absolute Gasteiger partial charge is 0.326 e. The number of para-hydroxylation sites is 1. The lowest BCUT2D eigenvalue weighted by Gasteiger charge is -2.26. The predicted octanol–water partition coefficient (Wildman–Crippen LogP) is 1.99. The van der Waals surface area contributed by atoms with Crippen LogP contribution in [0.4, 0.5) is 0 Å². The third-order valence-electron chi connectivity index (χ3n) is 7.28. The van der Waals surface area contributed by atoms with Gasteiger partial charge in [-0.2, -0.15) is 0 Å². The van der Waals surface area contributed by atoms with Crippen molar-refractivity contribution in [2.45, 2.75) is 76.5 Å². The van der Waals surface area contributed by atoms with Crippen LogP contribution in [0.2, 0.25) is 0 Å². The van der Waals surface area contributed by atoms with Crippen LogP contribution in [0.25, 0.3) is 10.9 Å². The minimum Gasteiger partial charge on any atom is -0.480 e. The summed E-state index contributed by atoms with van der Waals surface area (Å²) in [6.07, 6.45) is 4.08. The van der Waals surface area contributed by atoms with E-state index >= 15 is 0 Å². The second-order valence-corrected chi connectivity index (χ2v) is 11.3. The molecule has 232 valence electrons. The lowest BCUT2D eigenvalue weighted by atomic mass is 9.99. The maximum atomic E-state index is 13.6. The van der Waals surface area contributed by atoms with Crippen LogP contribution in [-0.4, -0.2) is 64.5 Å². The number of aliphatic carboxylic acids is 1. The molecule has 0 spiro atoms. The summed E-state index contributed by atoms with van der Waals surface area (Å²) in [5.74, 6) is -2.83. The monoisotopic (exact) mass is 592 g/mol. The molecule has 11 heteroatoms. The Labute approximate surface area is 252 Å². The molecule has 4 unspecified atom stereocenters. The molecule has 0 fully saturated rings. The Morgan fingerprint density at radius 1 is 0.814 bits per heavy atom. The number of rotatable bonds is 17. The number of carbonyl (C=O) groups is 4. The number of aromatic nitrogens is 1. The molecule has 0 aliphatic heterocycles. The van der Waals surface area contributed by atoms with Gasteiger partial charge < -0.3 is 37.5 Å². The van der Waals surface area contributed by atoms with Crippen LogP contribution in [0.3, 0.4) is 0 Å². The van der Waals surface area contributed by atoms with Gasteiger partial charge in [-0.3, -0.25) is 14.4 Å². The van der Waals surface area contributed by atoms with Gasteiger partial charge in [-0.05, 0) is 48.9 Å². The van der Waals surface area contributed by atoms with E-state index in [9.17, 15) is 24.3 Å². The number of nitrogens with two attached hydrogens (primary N) is 2. The molecule has 1 aromatic heterocycles. The molecule has 4 atom stereocenters. The summed E-state index contributed by atoms with van der Waals surface area (Å²) in [5.41, 5.74) is 14.1. The zero-order valence-corrected chi connectivity index (χ0v) is 24.8. The Bertz CT molecular complexity index is 1360. The van der Waals surface area contributed by atoms with Crippen LogP contribution in [0.1, 0.15) is 50.7 Å². The molecule has 3 rings (SSSR count). The number of hydrogen-bond acceptors (Lipinski definition) is 6. The number of fused-ring (bicyclic) bond motifs is 1. The highest BCUT2D eigenvalue weighted by atomic mass is 16.4. The van der Waals surface area contributed by atoms with Crippen LogP contribution in [0.5, 0.6) is 0 Å². The van der Waals surface area contributed by atoms with Gasteiger partial charge in [0.05, 0.1) is 6.04 Å². The number of H-pyrrole nitrogens is 1. The van der Waals surface area contributed by atoms with Gasteiger partial charge in [-0.1, -0.05) is 68.8 Å². The van der Waals surface area contributed by atoms with Crippen molar-refractivity contribution in [1.82, 2.24) is 20.9 Å². The van der Waals surface area contributed by atoms with Crippen LogP contribution in [0, 0.1) is 5.92 Å². The molecule has 9 N–H and O–H groups in total. The largest absolute Gasteiger partial charge is 0.480 e. The fourth-order valence-electron chi connectivity index (χ4n) is 4.95. The van der Waals surface area contributed by atoms with Crippen molar-refractivity contribution in [3.05, 3.63) is 71.9 Å². The average molecular weight is 593 g/mol. The summed E-state index contributed by atoms with van der Waals surface area (Å²) in [7, 11) is 0. The third kappa shape index (κ3) is 10.2. The summed E-state index contributed by atoms with van der Waals surface area (Å²) in [5, 5.41) is 19.0. The number of carboxylic acid groups (broad SMARTS) is 1. The van der Waals surface area contributed by atoms with Gasteiger partial charge in [0, 0.05) is 29.9 Å². The van der Waals surface area contributed by atoms with Gasteiger partial charge in [0.1, 0.15) is 18.1 Å². The highest BCUT2D eigenvalue weighted by Gasteiger charge is 2.31. The first kappa shape index (κ1) is 33.3. The van der Waals surface area contributed by atoms with Crippen molar-refractivity contribution < 1.29 is 24.3 Å². The van der Waals surface area contributed by atoms with Crippen LogP contribution < -0.4 is 27.4 Å². The third-order valence-corrected chi connectivity index (χ3v) is 7.28. The second kappa shape index (κ2) is 16.4. The first-order valence-electron chi connectivity index (χ1n) is 14.8. The van der Waals surface area contributed by atoms with Crippen molar-refractivity contribution in [1.29, 1.82) is 0 Å². The molecule has 0 aliphatic carbocycles. The molecule has 0 aliphatic rings. The standard InChI is InChI=1S/C32H44N6O5/c1-20(2)16-26(30(40)38-28(32(42)43)18-22-19-35-25-14-7-6-12-23(22)25)37-31(41)27(17-21-10-4-3-5-11-21)36-29(39)24(34)13-8-9-15-33/h3-7,10-12,14,19-20,24,26-28,35H,8-9,13,15-18,33-34H2,1-2H3,(H,36,39)(H,37,41)(H,38,40)(H,42,43). The summed E-state index contributed by atoms with van der Waals surface area (Å²) >= 11 is 0. The maximum Gasteiger partial charge on any atom is 0.326 e. The number of carboxylic acids is 1. The SMILES string of the molecule is CC(C)CC(NC(=O)C(Cc1ccccc1)NC(=O)C(N)CCCCN)C(=O)NC(Cc1c[nH]c2ccccc12)C(=O)O. The van der Waals surface area contributed by atoms with E-state index in [0.29, 0.717) is 19.4 Å². The molecular weight excluding hydrogens is 548 g/mol. The highest BCUT2D eigenvalue weighted by Crippen LogP contribution is 2.19. The van der Waals surface area contributed by atoms with Crippen molar-refractivity contribution >= 4 is 34.6 Å². The van der Waals surface area contributed by atoms with Crippen LogP contribution in [0.15, 0.2) is 60.8 Å². The van der Waals surface area contributed by atoms with E-state index < -0.39 is 47.9 Å². The molecule has 0 saturated heterocycles. The summed E-state index contributed by atoms with van der Waals surface area (Å²) in [6.45, 7) is 4.30. The molecule has 3 amide bonds. The van der Waals surface area contributed by atoms with Crippen molar-refractivity contribution in [3.63, 3.8) is 0 Å². The van der Waals surface area contributed by atoms with Crippen molar-refractivity contribution in [3.8, 4) is 0 Å². The fraction of sp³-hybridized carbons (Fsp3) is 0.438.